The quantitative estimate of drug-likeness (QED) is 0.220. The molecule has 0 radical (unpaired) electrons. The van der Waals surface area contributed by atoms with E-state index >= 15 is 0 Å². The molecule has 0 atom stereocenters. The minimum Gasteiger partial charge on any atom is -0.457 e. The molecule has 0 aliphatic carbocycles. The van der Waals surface area contributed by atoms with Gasteiger partial charge in [-0.15, -0.1) is 10.2 Å². The number of ether oxygens (including phenoxy) is 1. The van der Waals surface area contributed by atoms with Crippen LogP contribution < -0.4 is 4.74 Å². The maximum atomic E-state index is 13.3. The number of hydrogen-bond donors (Lipinski definition) is 0. The third-order valence-electron chi connectivity index (χ3n) is 6.40. The summed E-state index contributed by atoms with van der Waals surface area (Å²) in [6.45, 7) is 6.96. The van der Waals surface area contributed by atoms with Gasteiger partial charge < -0.3 is 14.1 Å². The zero-order chi connectivity index (χ0) is 26.5. The molecule has 0 fully saturated rings. The molecule has 6 heteroatoms. The van der Waals surface area contributed by atoms with E-state index in [9.17, 15) is 4.79 Å². The third kappa shape index (κ3) is 5.65. The zero-order valence-corrected chi connectivity index (χ0v) is 21.7. The molecule has 0 unspecified atom stereocenters. The zero-order valence-electron chi connectivity index (χ0n) is 21.7. The van der Waals surface area contributed by atoms with Gasteiger partial charge >= 0.3 is 0 Å². The lowest BCUT2D eigenvalue weighted by Crippen LogP contribution is -2.30. The molecule has 1 aromatic heterocycles. The maximum absolute atomic E-state index is 13.3. The maximum Gasteiger partial charge on any atom is 0.254 e. The van der Waals surface area contributed by atoms with Crippen molar-refractivity contribution in [1.82, 2.24) is 15.1 Å². The number of para-hydroxylation sites is 1. The van der Waals surface area contributed by atoms with Gasteiger partial charge in [-0.25, -0.2) is 0 Å². The number of rotatable bonds is 8. The van der Waals surface area contributed by atoms with Gasteiger partial charge in [-0.2, -0.15) is 0 Å². The number of aryl methyl sites for hydroxylation is 2. The van der Waals surface area contributed by atoms with Crippen LogP contribution in [0.3, 0.4) is 0 Å². The van der Waals surface area contributed by atoms with Gasteiger partial charge in [0.25, 0.3) is 5.91 Å². The largest absolute Gasteiger partial charge is 0.457 e. The molecule has 5 rings (SSSR count). The Hall–Kier alpha value is -4.71. The fourth-order valence-electron chi connectivity index (χ4n) is 4.29. The average molecular weight is 504 g/mol. The van der Waals surface area contributed by atoms with Crippen molar-refractivity contribution in [3.8, 4) is 34.1 Å². The molecule has 1 heterocycles. The second kappa shape index (κ2) is 11.1. The van der Waals surface area contributed by atoms with Gasteiger partial charge in [-0.3, -0.25) is 4.79 Å². The lowest BCUT2D eigenvalue weighted by atomic mass is 9.97. The molecular weight excluding hydrogens is 474 g/mol. The number of aromatic nitrogens is 2. The number of carbonyl (C=O) groups excluding carboxylic acids is 1. The molecule has 6 nitrogen and oxygen atoms in total. The summed E-state index contributed by atoms with van der Waals surface area (Å²) in [5.74, 6) is 2.57. The Labute approximate surface area is 222 Å². The summed E-state index contributed by atoms with van der Waals surface area (Å²) in [7, 11) is 0. The summed E-state index contributed by atoms with van der Waals surface area (Å²) in [4.78, 5) is 15.2. The van der Waals surface area contributed by atoms with Gasteiger partial charge in [0.15, 0.2) is 0 Å². The second-order valence-corrected chi connectivity index (χ2v) is 9.11. The Kier molecular flexibility index (Phi) is 7.31. The van der Waals surface area contributed by atoms with Crippen LogP contribution in [-0.2, 0) is 6.54 Å². The fraction of sp³-hybridized carbons (Fsp3) is 0.156. The van der Waals surface area contributed by atoms with E-state index < -0.39 is 0 Å². The fourth-order valence-corrected chi connectivity index (χ4v) is 4.29. The van der Waals surface area contributed by atoms with Crippen LogP contribution in [0.5, 0.6) is 11.5 Å². The highest BCUT2D eigenvalue weighted by atomic mass is 16.5. The first-order valence-electron chi connectivity index (χ1n) is 12.6. The van der Waals surface area contributed by atoms with Crippen LogP contribution in [0.2, 0.25) is 0 Å². The molecule has 1 amide bonds. The molecule has 4 aromatic carbocycles. The number of amides is 1. The molecule has 0 aliphatic heterocycles. The minimum absolute atomic E-state index is 0.00419. The molecule has 0 saturated carbocycles. The molecule has 190 valence electrons. The van der Waals surface area contributed by atoms with Crippen LogP contribution in [0.1, 0.15) is 34.3 Å². The first-order chi connectivity index (χ1) is 18.5. The van der Waals surface area contributed by atoms with Gasteiger partial charge in [-0.05, 0) is 84.6 Å². The smallest absolute Gasteiger partial charge is 0.254 e. The van der Waals surface area contributed by atoms with Crippen molar-refractivity contribution in [3.63, 3.8) is 0 Å². The van der Waals surface area contributed by atoms with Crippen molar-refractivity contribution < 1.29 is 13.9 Å². The van der Waals surface area contributed by atoms with Crippen molar-refractivity contribution >= 4 is 5.91 Å². The molecule has 38 heavy (non-hydrogen) atoms. The predicted molar refractivity (Wildman–Crippen MR) is 148 cm³/mol. The van der Waals surface area contributed by atoms with E-state index in [1.165, 1.54) is 0 Å². The van der Waals surface area contributed by atoms with Crippen LogP contribution in [0.4, 0.5) is 0 Å². The Morgan fingerprint density at radius 2 is 1.50 bits per heavy atom. The summed E-state index contributed by atoms with van der Waals surface area (Å²) < 4.78 is 11.5. The van der Waals surface area contributed by atoms with Crippen molar-refractivity contribution in [2.75, 3.05) is 6.54 Å². The molecule has 0 spiro atoms. The molecule has 0 aliphatic rings. The van der Waals surface area contributed by atoms with Crippen LogP contribution in [0.15, 0.2) is 101 Å². The van der Waals surface area contributed by atoms with Crippen molar-refractivity contribution in [3.05, 3.63) is 120 Å². The normalized spacial score (nSPS) is 10.8. The van der Waals surface area contributed by atoms with E-state index in [0.29, 0.717) is 30.4 Å². The van der Waals surface area contributed by atoms with Crippen LogP contribution in [0.25, 0.3) is 22.6 Å². The molecule has 0 saturated heterocycles. The molecule has 5 aromatic rings. The highest BCUT2D eigenvalue weighted by Gasteiger charge is 2.16. The summed E-state index contributed by atoms with van der Waals surface area (Å²) in [5, 5.41) is 8.06. The minimum atomic E-state index is -0.00419. The van der Waals surface area contributed by atoms with Gasteiger partial charge in [0, 0.05) is 31.1 Å². The highest BCUT2D eigenvalue weighted by Crippen LogP contribution is 2.29. The standard InChI is InChI=1S/C32H29N3O3/c1-4-35(21-24-11-18-29(19-12-24)38-28-8-6-5-7-9-28)32(36)26-16-14-25(15-17-26)30-20-27(13-10-22(30)2)31-34-33-23(3)37-31/h5-20H,4,21H2,1-3H3. The summed E-state index contributed by atoms with van der Waals surface area (Å²) in [5.41, 5.74) is 5.77. The summed E-state index contributed by atoms with van der Waals surface area (Å²) in [6, 6.07) is 31.4. The van der Waals surface area contributed by atoms with Crippen LogP contribution >= 0.6 is 0 Å². The number of benzene rings is 4. The second-order valence-electron chi connectivity index (χ2n) is 9.11. The van der Waals surface area contributed by atoms with Crippen LogP contribution in [-0.4, -0.2) is 27.5 Å². The van der Waals surface area contributed by atoms with E-state index in [1.807, 2.05) is 109 Å². The average Bonchev–Trinajstić information content (AvgIpc) is 3.39. The van der Waals surface area contributed by atoms with Crippen molar-refractivity contribution in [1.29, 1.82) is 0 Å². The van der Waals surface area contributed by atoms with Crippen LogP contribution in [0, 0.1) is 13.8 Å². The number of nitrogens with zero attached hydrogens (tertiary/aromatic N) is 3. The molecule has 0 N–H and O–H groups in total. The Balaban J connectivity index is 1.28. The summed E-state index contributed by atoms with van der Waals surface area (Å²) >= 11 is 0. The lowest BCUT2D eigenvalue weighted by Gasteiger charge is -2.21. The predicted octanol–water partition coefficient (Wildman–Crippen LogP) is 7.48. The molecule has 0 bridgehead atoms. The first kappa shape index (κ1) is 25.0. The number of carbonyl (C=O) groups is 1. The Morgan fingerprint density at radius 1 is 0.816 bits per heavy atom. The highest BCUT2D eigenvalue weighted by molar-refractivity contribution is 5.94. The van der Waals surface area contributed by atoms with Gasteiger partial charge in [0.2, 0.25) is 11.8 Å². The van der Waals surface area contributed by atoms with E-state index in [0.717, 1.165) is 39.3 Å². The number of hydrogen-bond acceptors (Lipinski definition) is 5. The SMILES string of the molecule is CCN(Cc1ccc(Oc2ccccc2)cc1)C(=O)c1ccc(-c2cc(-c3nnc(C)o3)ccc2C)cc1. The van der Waals surface area contributed by atoms with Gasteiger partial charge in [0.05, 0.1) is 0 Å². The van der Waals surface area contributed by atoms with Gasteiger partial charge in [0.1, 0.15) is 11.5 Å². The summed E-state index contributed by atoms with van der Waals surface area (Å²) in [6.07, 6.45) is 0. The lowest BCUT2D eigenvalue weighted by molar-refractivity contribution is 0.0752. The van der Waals surface area contributed by atoms with Gasteiger partial charge in [-0.1, -0.05) is 48.5 Å². The van der Waals surface area contributed by atoms with E-state index in [4.69, 9.17) is 9.15 Å². The third-order valence-corrected chi connectivity index (χ3v) is 6.40. The first-order valence-corrected chi connectivity index (χ1v) is 12.6. The topological polar surface area (TPSA) is 68.5 Å². The molecular formula is C32H29N3O3. The van der Waals surface area contributed by atoms with Crippen molar-refractivity contribution in [2.24, 2.45) is 0 Å². The monoisotopic (exact) mass is 503 g/mol. The van der Waals surface area contributed by atoms with Crippen molar-refractivity contribution in [2.45, 2.75) is 27.3 Å². The Bertz CT molecular complexity index is 1530. The van der Waals surface area contributed by atoms with E-state index in [-0.39, 0.29) is 5.91 Å². The Morgan fingerprint density at radius 3 is 2.16 bits per heavy atom. The van der Waals surface area contributed by atoms with E-state index in [1.54, 1.807) is 6.92 Å². The van der Waals surface area contributed by atoms with E-state index in [2.05, 4.69) is 17.1 Å².